The van der Waals surface area contributed by atoms with Gasteiger partial charge in [-0.3, -0.25) is 0 Å². The molecule has 1 fully saturated rings. The predicted octanol–water partition coefficient (Wildman–Crippen LogP) is 2.65. The molecule has 0 unspecified atom stereocenters. The number of sulfonamides is 1. The Morgan fingerprint density at radius 1 is 1.33 bits per heavy atom. The van der Waals surface area contributed by atoms with Crippen LogP contribution in [0.5, 0.6) is 0 Å². The van der Waals surface area contributed by atoms with Crippen molar-refractivity contribution in [2.24, 2.45) is 11.7 Å². The molecule has 1 aliphatic rings. The second-order valence-corrected chi connectivity index (χ2v) is 8.21. The molecule has 1 aromatic rings. The van der Waals surface area contributed by atoms with Gasteiger partial charge in [-0.15, -0.1) is 0 Å². The molecule has 1 aliphatic carbocycles. The number of nitrogens with two attached hydrogens (primary N) is 1. The van der Waals surface area contributed by atoms with Crippen molar-refractivity contribution in [2.75, 3.05) is 6.54 Å². The highest BCUT2D eigenvalue weighted by Crippen LogP contribution is 2.33. The summed E-state index contributed by atoms with van der Waals surface area (Å²) in [6.07, 6.45) is 2.87. The lowest BCUT2D eigenvalue weighted by Gasteiger charge is -2.23. The molecule has 2 rings (SSSR count). The van der Waals surface area contributed by atoms with E-state index in [9.17, 15) is 8.42 Å². The summed E-state index contributed by atoms with van der Waals surface area (Å²) in [5.74, 6) is 0.503. The van der Waals surface area contributed by atoms with Crippen LogP contribution in [0, 0.1) is 12.8 Å². The Hall–Kier alpha value is -0.910. The maximum Gasteiger partial charge on any atom is 0.243 e. The lowest BCUT2D eigenvalue weighted by Crippen LogP contribution is -2.34. The quantitative estimate of drug-likeness (QED) is 0.842. The van der Waals surface area contributed by atoms with Gasteiger partial charge in [-0.25, -0.2) is 8.42 Å². The van der Waals surface area contributed by atoms with Crippen molar-refractivity contribution in [2.45, 2.75) is 57.5 Å². The number of hydrogen-bond acceptors (Lipinski definition) is 3. The zero-order valence-corrected chi connectivity index (χ0v) is 14.0. The second-order valence-electron chi connectivity index (χ2n) is 6.32. The molecule has 1 aromatic carbocycles. The van der Waals surface area contributed by atoms with E-state index in [2.05, 4.69) is 13.8 Å². The monoisotopic (exact) mass is 310 g/mol. The number of benzene rings is 1. The summed E-state index contributed by atoms with van der Waals surface area (Å²) in [5.41, 5.74) is 7.59. The molecule has 0 atom stereocenters. The summed E-state index contributed by atoms with van der Waals surface area (Å²) in [7, 11) is -3.39. The van der Waals surface area contributed by atoms with Crippen LogP contribution in [0.25, 0.3) is 0 Å². The van der Waals surface area contributed by atoms with Gasteiger partial charge in [0, 0.05) is 19.1 Å². The molecule has 0 heterocycles. The third kappa shape index (κ3) is 3.84. The zero-order valence-electron chi connectivity index (χ0n) is 13.2. The molecule has 5 heteroatoms. The van der Waals surface area contributed by atoms with Crippen LogP contribution in [0.2, 0.25) is 0 Å². The van der Waals surface area contributed by atoms with E-state index in [4.69, 9.17) is 5.73 Å². The van der Waals surface area contributed by atoms with Crippen molar-refractivity contribution in [1.29, 1.82) is 0 Å². The summed E-state index contributed by atoms with van der Waals surface area (Å²) in [5, 5.41) is 0. The Labute approximate surface area is 128 Å². The minimum atomic E-state index is -3.39. The molecular weight excluding hydrogens is 284 g/mol. The van der Waals surface area contributed by atoms with E-state index in [1.54, 1.807) is 16.4 Å². The second kappa shape index (κ2) is 6.46. The maximum atomic E-state index is 12.9. The van der Waals surface area contributed by atoms with Gasteiger partial charge in [-0.1, -0.05) is 19.9 Å². The normalized spacial score (nSPS) is 15.9. The smallest absolute Gasteiger partial charge is 0.243 e. The van der Waals surface area contributed by atoms with Crippen LogP contribution >= 0.6 is 0 Å². The standard InChI is InChI=1S/C16H26N2O2S/c1-12(2)8-9-18(15-5-6-15)21(19,20)16-7-4-14(11-17)13(3)10-16/h4,7,10,12,15H,5-6,8-9,11,17H2,1-3H3. The average Bonchev–Trinajstić information content (AvgIpc) is 3.22. The van der Waals surface area contributed by atoms with Gasteiger partial charge in [0.25, 0.3) is 0 Å². The number of rotatable bonds is 7. The third-order valence-electron chi connectivity index (χ3n) is 4.02. The van der Waals surface area contributed by atoms with Crippen LogP contribution in [0.3, 0.4) is 0 Å². The molecule has 21 heavy (non-hydrogen) atoms. The van der Waals surface area contributed by atoms with Crippen LogP contribution < -0.4 is 5.73 Å². The average molecular weight is 310 g/mol. The van der Waals surface area contributed by atoms with Crippen LogP contribution in [0.1, 0.15) is 44.2 Å². The molecule has 0 bridgehead atoms. The Morgan fingerprint density at radius 2 is 2.00 bits per heavy atom. The number of nitrogens with zero attached hydrogens (tertiary/aromatic N) is 1. The van der Waals surface area contributed by atoms with Crippen LogP contribution in [0.4, 0.5) is 0 Å². The highest BCUT2D eigenvalue weighted by atomic mass is 32.2. The van der Waals surface area contributed by atoms with Gasteiger partial charge in [0.05, 0.1) is 4.90 Å². The van der Waals surface area contributed by atoms with Crippen molar-refractivity contribution >= 4 is 10.0 Å². The summed E-state index contributed by atoms with van der Waals surface area (Å²) in [6, 6.07) is 5.47. The summed E-state index contributed by atoms with van der Waals surface area (Å²) in [6.45, 7) is 7.21. The molecule has 0 saturated heterocycles. The van der Waals surface area contributed by atoms with Crippen molar-refractivity contribution in [3.05, 3.63) is 29.3 Å². The largest absolute Gasteiger partial charge is 0.326 e. The molecule has 2 N–H and O–H groups in total. The van der Waals surface area contributed by atoms with E-state index >= 15 is 0 Å². The minimum absolute atomic E-state index is 0.197. The maximum absolute atomic E-state index is 12.9. The molecule has 118 valence electrons. The van der Waals surface area contributed by atoms with E-state index < -0.39 is 10.0 Å². The summed E-state index contributed by atoms with van der Waals surface area (Å²) < 4.78 is 27.4. The van der Waals surface area contributed by atoms with Gasteiger partial charge in [-0.2, -0.15) is 4.31 Å². The van der Waals surface area contributed by atoms with E-state index in [1.165, 1.54) is 0 Å². The molecule has 0 aromatic heterocycles. The minimum Gasteiger partial charge on any atom is -0.326 e. The van der Waals surface area contributed by atoms with E-state index in [0.717, 1.165) is 30.4 Å². The first-order chi connectivity index (χ1) is 9.86. The van der Waals surface area contributed by atoms with Gasteiger partial charge < -0.3 is 5.73 Å². The molecule has 0 spiro atoms. The lowest BCUT2D eigenvalue weighted by molar-refractivity contribution is 0.373. The predicted molar refractivity (Wildman–Crippen MR) is 85.4 cm³/mol. The topological polar surface area (TPSA) is 63.4 Å². The van der Waals surface area contributed by atoms with Crippen LogP contribution in [-0.4, -0.2) is 25.3 Å². The first kappa shape index (κ1) is 16.5. The fraction of sp³-hybridized carbons (Fsp3) is 0.625. The first-order valence-corrected chi connectivity index (χ1v) is 9.11. The van der Waals surface area contributed by atoms with Crippen molar-refractivity contribution in [3.8, 4) is 0 Å². The highest BCUT2D eigenvalue weighted by Gasteiger charge is 2.37. The first-order valence-electron chi connectivity index (χ1n) is 7.67. The highest BCUT2D eigenvalue weighted by molar-refractivity contribution is 7.89. The van der Waals surface area contributed by atoms with Gasteiger partial charge in [0.15, 0.2) is 0 Å². The van der Waals surface area contributed by atoms with Gasteiger partial charge in [0.2, 0.25) is 10.0 Å². The Morgan fingerprint density at radius 3 is 2.48 bits per heavy atom. The van der Waals surface area contributed by atoms with Crippen molar-refractivity contribution in [3.63, 3.8) is 0 Å². The third-order valence-corrected chi connectivity index (χ3v) is 5.97. The molecule has 1 saturated carbocycles. The SMILES string of the molecule is Cc1cc(S(=O)(=O)N(CCC(C)C)C2CC2)ccc1CN. The van der Waals surface area contributed by atoms with Crippen molar-refractivity contribution < 1.29 is 8.42 Å². The molecule has 0 radical (unpaired) electrons. The van der Waals surface area contributed by atoms with Crippen molar-refractivity contribution in [1.82, 2.24) is 4.31 Å². The zero-order chi connectivity index (χ0) is 15.6. The molecule has 0 amide bonds. The molecule has 0 aliphatic heterocycles. The number of hydrogen-bond donors (Lipinski definition) is 1. The van der Waals surface area contributed by atoms with E-state index in [-0.39, 0.29) is 6.04 Å². The van der Waals surface area contributed by atoms with Crippen LogP contribution in [0.15, 0.2) is 23.1 Å². The van der Waals surface area contributed by atoms with Gasteiger partial charge in [-0.05, 0) is 55.4 Å². The van der Waals surface area contributed by atoms with Gasteiger partial charge in [0.1, 0.15) is 0 Å². The van der Waals surface area contributed by atoms with Gasteiger partial charge >= 0.3 is 0 Å². The Bertz CT molecular complexity index is 592. The molecular formula is C16H26N2O2S. The van der Waals surface area contributed by atoms with Crippen LogP contribution in [-0.2, 0) is 16.6 Å². The number of aryl methyl sites for hydroxylation is 1. The fourth-order valence-corrected chi connectivity index (χ4v) is 4.23. The molecule has 4 nitrogen and oxygen atoms in total. The fourth-order valence-electron chi connectivity index (χ4n) is 2.44. The Kier molecular flexibility index (Phi) is 5.07. The summed E-state index contributed by atoms with van der Waals surface area (Å²) in [4.78, 5) is 0.396. The Balaban J connectivity index is 2.27. The van der Waals surface area contributed by atoms with E-state index in [1.807, 2.05) is 13.0 Å². The van der Waals surface area contributed by atoms with E-state index in [0.29, 0.717) is 23.9 Å². The lowest BCUT2D eigenvalue weighted by atomic mass is 10.1. The summed E-state index contributed by atoms with van der Waals surface area (Å²) >= 11 is 0.